The lowest BCUT2D eigenvalue weighted by atomic mass is 10.1. The van der Waals surface area contributed by atoms with Gasteiger partial charge in [-0.3, -0.25) is 9.59 Å². The maximum absolute atomic E-state index is 12.6. The molecule has 0 saturated carbocycles. The Bertz CT molecular complexity index is 843. The summed E-state index contributed by atoms with van der Waals surface area (Å²) in [6.45, 7) is 7.23. The zero-order chi connectivity index (χ0) is 22.1. The predicted octanol–water partition coefficient (Wildman–Crippen LogP) is 4.29. The van der Waals surface area contributed by atoms with Gasteiger partial charge in [0.15, 0.2) is 0 Å². The number of hydrogen-bond donors (Lipinski definition) is 3. The van der Waals surface area contributed by atoms with Gasteiger partial charge >= 0.3 is 0 Å². The van der Waals surface area contributed by atoms with Gasteiger partial charge in [-0.15, -0.1) is 0 Å². The number of nitrogens with one attached hydrogen (secondary N) is 2. The van der Waals surface area contributed by atoms with Crippen molar-refractivity contribution in [1.29, 1.82) is 0 Å². The highest BCUT2D eigenvalue weighted by Crippen LogP contribution is 2.30. The number of anilines is 1. The number of carbonyl (C=O) groups excluding carboxylic acids is 2. The van der Waals surface area contributed by atoms with E-state index >= 15 is 0 Å². The van der Waals surface area contributed by atoms with Gasteiger partial charge in [0, 0.05) is 30.8 Å². The summed E-state index contributed by atoms with van der Waals surface area (Å²) in [6.07, 6.45) is 1.41. The molecule has 0 radical (unpaired) electrons. The molecule has 162 valence electrons. The second-order valence-corrected chi connectivity index (χ2v) is 8.01. The van der Waals surface area contributed by atoms with E-state index in [-0.39, 0.29) is 11.8 Å². The molecule has 0 unspecified atom stereocenters. The van der Waals surface area contributed by atoms with Gasteiger partial charge in [0.25, 0.3) is 5.91 Å². The average molecular weight is 432 g/mol. The van der Waals surface area contributed by atoms with Crippen molar-refractivity contribution in [1.82, 2.24) is 5.32 Å². The smallest absolute Gasteiger partial charge is 0.255 e. The molecular weight excluding hydrogens is 402 g/mol. The minimum Gasteiger partial charge on any atom is -0.490 e. The van der Waals surface area contributed by atoms with Crippen LogP contribution in [-0.4, -0.2) is 25.0 Å². The normalized spacial score (nSPS) is 10.7. The van der Waals surface area contributed by atoms with Crippen molar-refractivity contribution in [3.8, 4) is 5.75 Å². The Labute approximate surface area is 183 Å². The quantitative estimate of drug-likeness (QED) is 0.523. The number of rotatable bonds is 10. The van der Waals surface area contributed by atoms with Crippen LogP contribution >= 0.6 is 11.6 Å². The van der Waals surface area contributed by atoms with Gasteiger partial charge in [-0.25, -0.2) is 0 Å². The molecule has 0 saturated heterocycles. The fourth-order valence-electron chi connectivity index (χ4n) is 2.82. The highest BCUT2D eigenvalue weighted by molar-refractivity contribution is 6.32. The SMILES string of the molecule is Cc1cc(C(=O)Nc2ccc(CNC(=O)CCC(C)C)cc2)cc(Cl)c1OCCN. The molecule has 7 heteroatoms. The van der Waals surface area contributed by atoms with Crippen LogP contribution in [0.25, 0.3) is 0 Å². The Hall–Kier alpha value is -2.57. The minimum atomic E-state index is -0.264. The number of amides is 2. The lowest BCUT2D eigenvalue weighted by Gasteiger charge is -2.13. The average Bonchev–Trinajstić information content (AvgIpc) is 2.71. The molecule has 0 aromatic heterocycles. The van der Waals surface area contributed by atoms with Crippen LogP contribution in [0.1, 0.15) is 48.2 Å². The van der Waals surface area contributed by atoms with Gasteiger partial charge in [-0.05, 0) is 54.7 Å². The van der Waals surface area contributed by atoms with E-state index in [9.17, 15) is 9.59 Å². The second-order valence-electron chi connectivity index (χ2n) is 7.60. The van der Waals surface area contributed by atoms with Crippen molar-refractivity contribution in [3.05, 3.63) is 58.1 Å². The van der Waals surface area contributed by atoms with E-state index in [1.165, 1.54) is 0 Å². The summed E-state index contributed by atoms with van der Waals surface area (Å²) in [5.41, 5.74) is 8.29. The monoisotopic (exact) mass is 431 g/mol. The number of ether oxygens (including phenoxy) is 1. The zero-order valence-electron chi connectivity index (χ0n) is 17.8. The predicted molar refractivity (Wildman–Crippen MR) is 121 cm³/mol. The van der Waals surface area contributed by atoms with Crippen molar-refractivity contribution in [2.75, 3.05) is 18.5 Å². The van der Waals surface area contributed by atoms with E-state index in [4.69, 9.17) is 22.1 Å². The van der Waals surface area contributed by atoms with Crippen LogP contribution in [0, 0.1) is 12.8 Å². The first kappa shape index (κ1) is 23.7. The Morgan fingerprint density at radius 2 is 1.87 bits per heavy atom. The number of hydrogen-bond acceptors (Lipinski definition) is 4. The van der Waals surface area contributed by atoms with E-state index < -0.39 is 0 Å². The third-order valence-electron chi connectivity index (χ3n) is 4.51. The molecule has 0 atom stereocenters. The summed E-state index contributed by atoms with van der Waals surface area (Å²) >= 11 is 6.26. The molecule has 0 spiro atoms. The van der Waals surface area contributed by atoms with Crippen LogP contribution in [0.3, 0.4) is 0 Å². The third kappa shape index (κ3) is 7.35. The Morgan fingerprint density at radius 3 is 2.47 bits per heavy atom. The molecule has 0 fully saturated rings. The molecule has 0 aliphatic rings. The topological polar surface area (TPSA) is 93.5 Å². The van der Waals surface area contributed by atoms with Crippen molar-refractivity contribution in [2.45, 2.75) is 40.2 Å². The Morgan fingerprint density at radius 1 is 1.17 bits per heavy atom. The summed E-state index contributed by atoms with van der Waals surface area (Å²) < 4.78 is 5.53. The molecule has 4 N–H and O–H groups in total. The lowest BCUT2D eigenvalue weighted by molar-refractivity contribution is -0.121. The van der Waals surface area contributed by atoms with Gasteiger partial charge < -0.3 is 21.1 Å². The molecule has 2 aromatic rings. The molecule has 0 aliphatic heterocycles. The number of aryl methyl sites for hydroxylation is 1. The summed E-state index contributed by atoms with van der Waals surface area (Å²) in [6, 6.07) is 10.7. The molecular formula is C23H30ClN3O3. The number of carbonyl (C=O) groups is 2. The van der Waals surface area contributed by atoms with E-state index in [0.29, 0.717) is 54.1 Å². The molecule has 2 amide bonds. The van der Waals surface area contributed by atoms with E-state index in [1.807, 2.05) is 19.1 Å². The van der Waals surface area contributed by atoms with Crippen molar-refractivity contribution in [2.24, 2.45) is 11.7 Å². The van der Waals surface area contributed by atoms with Gasteiger partial charge in [0.05, 0.1) is 5.02 Å². The molecule has 30 heavy (non-hydrogen) atoms. The number of halogens is 1. The fourth-order valence-corrected chi connectivity index (χ4v) is 3.14. The molecule has 0 aliphatic carbocycles. The standard InChI is InChI=1S/C23H30ClN3O3/c1-15(2)4-9-21(28)26-14-17-5-7-19(8-6-17)27-23(29)18-12-16(3)22(20(24)13-18)30-11-10-25/h5-8,12-13,15H,4,9-11,14,25H2,1-3H3,(H,26,28)(H,27,29). The van der Waals surface area contributed by atoms with Crippen LogP contribution < -0.4 is 21.1 Å². The van der Waals surface area contributed by atoms with E-state index in [2.05, 4.69) is 24.5 Å². The molecule has 6 nitrogen and oxygen atoms in total. The maximum Gasteiger partial charge on any atom is 0.255 e. The van der Waals surface area contributed by atoms with Gasteiger partial charge in [0.1, 0.15) is 12.4 Å². The summed E-state index contributed by atoms with van der Waals surface area (Å²) in [5, 5.41) is 6.14. The van der Waals surface area contributed by atoms with Crippen LogP contribution in [0.5, 0.6) is 5.75 Å². The second kappa shape index (κ2) is 11.6. The first-order chi connectivity index (χ1) is 14.3. The largest absolute Gasteiger partial charge is 0.490 e. The molecule has 0 bridgehead atoms. The van der Waals surface area contributed by atoms with Crippen LogP contribution in [0.15, 0.2) is 36.4 Å². The van der Waals surface area contributed by atoms with Crippen LogP contribution in [0.2, 0.25) is 5.02 Å². The van der Waals surface area contributed by atoms with Crippen LogP contribution in [0.4, 0.5) is 5.69 Å². The van der Waals surface area contributed by atoms with E-state index in [1.54, 1.807) is 24.3 Å². The first-order valence-electron chi connectivity index (χ1n) is 10.1. The highest BCUT2D eigenvalue weighted by Gasteiger charge is 2.13. The summed E-state index contributed by atoms with van der Waals surface area (Å²) in [4.78, 5) is 24.4. The molecule has 0 heterocycles. The van der Waals surface area contributed by atoms with Crippen LogP contribution in [-0.2, 0) is 11.3 Å². The number of benzene rings is 2. The zero-order valence-corrected chi connectivity index (χ0v) is 18.5. The van der Waals surface area contributed by atoms with Gasteiger partial charge in [-0.1, -0.05) is 37.6 Å². The van der Waals surface area contributed by atoms with Crippen molar-refractivity contribution < 1.29 is 14.3 Å². The minimum absolute atomic E-state index is 0.0483. The fraction of sp³-hybridized carbons (Fsp3) is 0.391. The molecule has 2 rings (SSSR count). The molecule has 2 aromatic carbocycles. The Kier molecular flexibility index (Phi) is 9.15. The van der Waals surface area contributed by atoms with Gasteiger partial charge in [-0.2, -0.15) is 0 Å². The van der Waals surface area contributed by atoms with E-state index in [0.717, 1.165) is 17.5 Å². The highest BCUT2D eigenvalue weighted by atomic mass is 35.5. The summed E-state index contributed by atoms with van der Waals surface area (Å²) in [5.74, 6) is 0.831. The third-order valence-corrected chi connectivity index (χ3v) is 4.79. The first-order valence-corrected chi connectivity index (χ1v) is 10.5. The van der Waals surface area contributed by atoms with Crippen molar-refractivity contribution in [3.63, 3.8) is 0 Å². The maximum atomic E-state index is 12.6. The van der Waals surface area contributed by atoms with Crippen molar-refractivity contribution >= 4 is 29.1 Å². The summed E-state index contributed by atoms with van der Waals surface area (Å²) in [7, 11) is 0. The van der Waals surface area contributed by atoms with Gasteiger partial charge in [0.2, 0.25) is 5.91 Å². The number of nitrogens with two attached hydrogens (primary N) is 1. The lowest BCUT2D eigenvalue weighted by Crippen LogP contribution is -2.22. The Balaban J connectivity index is 1.93.